The van der Waals surface area contributed by atoms with Crippen LogP contribution in [0.1, 0.15) is 43.4 Å². The first-order chi connectivity index (χ1) is 7.74. The highest BCUT2D eigenvalue weighted by atomic mass is 15.3. The zero-order valence-electron chi connectivity index (χ0n) is 10.7. The van der Waals surface area contributed by atoms with Gasteiger partial charge in [0.25, 0.3) is 0 Å². The Morgan fingerprint density at radius 3 is 3.00 bits per heavy atom. The number of nitrogens with zero attached hydrogens (tertiary/aromatic N) is 2. The summed E-state index contributed by atoms with van der Waals surface area (Å²) in [5.74, 6) is 1.51. The molecule has 1 fully saturated rings. The molecule has 1 aliphatic rings. The van der Waals surface area contributed by atoms with Crippen molar-refractivity contribution in [2.45, 2.75) is 39.0 Å². The standard InChI is InChI=1S/C13H23N3/c1-4-5-11-8-14-7-6-12(11)13-9-15-16(3)10(13)2/h9,11-12,14H,4-8H2,1-3H3. The van der Waals surface area contributed by atoms with Crippen LogP contribution >= 0.6 is 0 Å². The van der Waals surface area contributed by atoms with Crippen molar-refractivity contribution in [2.24, 2.45) is 13.0 Å². The quantitative estimate of drug-likeness (QED) is 0.848. The van der Waals surface area contributed by atoms with Gasteiger partial charge in [0.15, 0.2) is 0 Å². The van der Waals surface area contributed by atoms with E-state index in [1.54, 1.807) is 0 Å². The van der Waals surface area contributed by atoms with E-state index in [0.29, 0.717) is 0 Å². The van der Waals surface area contributed by atoms with Crippen LogP contribution in [-0.4, -0.2) is 22.9 Å². The topological polar surface area (TPSA) is 29.9 Å². The average molecular weight is 221 g/mol. The lowest BCUT2D eigenvalue weighted by Gasteiger charge is -2.32. The maximum absolute atomic E-state index is 4.38. The number of aromatic nitrogens is 2. The summed E-state index contributed by atoms with van der Waals surface area (Å²) in [5, 5.41) is 7.90. The van der Waals surface area contributed by atoms with Gasteiger partial charge in [-0.15, -0.1) is 0 Å². The molecule has 1 aromatic rings. The van der Waals surface area contributed by atoms with Crippen LogP contribution in [0.2, 0.25) is 0 Å². The number of hydrogen-bond acceptors (Lipinski definition) is 2. The molecule has 0 bridgehead atoms. The summed E-state index contributed by atoms with van der Waals surface area (Å²) < 4.78 is 2.00. The second-order valence-electron chi connectivity index (χ2n) is 4.96. The molecule has 1 saturated heterocycles. The Hall–Kier alpha value is -0.830. The van der Waals surface area contributed by atoms with Crippen molar-refractivity contribution in [3.8, 4) is 0 Å². The van der Waals surface area contributed by atoms with E-state index in [9.17, 15) is 0 Å². The molecule has 1 aliphatic heterocycles. The number of hydrogen-bond donors (Lipinski definition) is 1. The molecule has 2 rings (SSSR count). The lowest BCUT2D eigenvalue weighted by molar-refractivity contribution is 0.306. The lowest BCUT2D eigenvalue weighted by atomic mass is 9.79. The fraction of sp³-hybridized carbons (Fsp3) is 0.769. The number of nitrogens with one attached hydrogen (secondary N) is 1. The van der Waals surface area contributed by atoms with E-state index in [4.69, 9.17) is 0 Å². The van der Waals surface area contributed by atoms with Crippen molar-refractivity contribution in [3.63, 3.8) is 0 Å². The van der Waals surface area contributed by atoms with Gasteiger partial charge < -0.3 is 5.32 Å². The molecule has 90 valence electrons. The first kappa shape index (κ1) is 11.6. The average Bonchev–Trinajstić information content (AvgIpc) is 2.61. The predicted octanol–water partition coefficient (Wildman–Crippen LogP) is 2.22. The van der Waals surface area contributed by atoms with Crippen molar-refractivity contribution in [1.82, 2.24) is 15.1 Å². The van der Waals surface area contributed by atoms with E-state index < -0.39 is 0 Å². The molecule has 16 heavy (non-hydrogen) atoms. The third-order valence-electron chi connectivity index (χ3n) is 3.94. The van der Waals surface area contributed by atoms with Crippen LogP contribution in [0.3, 0.4) is 0 Å². The van der Waals surface area contributed by atoms with Gasteiger partial charge in [-0.25, -0.2) is 0 Å². The molecule has 0 amide bonds. The first-order valence-corrected chi connectivity index (χ1v) is 6.43. The van der Waals surface area contributed by atoms with Crippen molar-refractivity contribution in [1.29, 1.82) is 0 Å². The minimum Gasteiger partial charge on any atom is -0.316 e. The van der Waals surface area contributed by atoms with Crippen molar-refractivity contribution in [2.75, 3.05) is 13.1 Å². The predicted molar refractivity (Wildman–Crippen MR) is 66.6 cm³/mol. The molecule has 2 heterocycles. The molecule has 2 unspecified atom stereocenters. The molecule has 2 atom stereocenters. The van der Waals surface area contributed by atoms with Gasteiger partial charge in [-0.3, -0.25) is 4.68 Å². The van der Waals surface area contributed by atoms with E-state index in [-0.39, 0.29) is 0 Å². The highest BCUT2D eigenvalue weighted by Gasteiger charge is 2.27. The SMILES string of the molecule is CCCC1CNCCC1c1cnn(C)c1C. The van der Waals surface area contributed by atoms with E-state index >= 15 is 0 Å². The van der Waals surface area contributed by atoms with Crippen LogP contribution in [0.25, 0.3) is 0 Å². The summed E-state index contributed by atoms with van der Waals surface area (Å²) in [6, 6.07) is 0. The van der Waals surface area contributed by atoms with Crippen LogP contribution in [0.15, 0.2) is 6.20 Å². The normalized spacial score (nSPS) is 25.9. The molecule has 0 saturated carbocycles. The molecule has 1 aromatic heterocycles. The third kappa shape index (κ3) is 2.14. The van der Waals surface area contributed by atoms with Gasteiger partial charge in [-0.2, -0.15) is 5.10 Å². The van der Waals surface area contributed by atoms with Crippen molar-refractivity contribution >= 4 is 0 Å². The van der Waals surface area contributed by atoms with Gasteiger partial charge in [0.05, 0.1) is 6.20 Å². The van der Waals surface area contributed by atoms with Gasteiger partial charge in [0, 0.05) is 12.7 Å². The van der Waals surface area contributed by atoms with Crippen LogP contribution in [0.4, 0.5) is 0 Å². The Bertz CT molecular complexity index is 341. The molecular weight excluding hydrogens is 198 g/mol. The summed E-state index contributed by atoms with van der Waals surface area (Å²) in [4.78, 5) is 0. The second-order valence-corrected chi connectivity index (χ2v) is 4.96. The molecule has 3 heteroatoms. The monoisotopic (exact) mass is 221 g/mol. The van der Waals surface area contributed by atoms with Crippen LogP contribution in [0, 0.1) is 12.8 Å². The molecule has 0 aliphatic carbocycles. The largest absolute Gasteiger partial charge is 0.316 e. The van der Waals surface area contributed by atoms with Crippen LogP contribution < -0.4 is 5.32 Å². The first-order valence-electron chi connectivity index (χ1n) is 6.43. The van der Waals surface area contributed by atoms with E-state index in [2.05, 4.69) is 30.5 Å². The van der Waals surface area contributed by atoms with Crippen molar-refractivity contribution in [3.05, 3.63) is 17.5 Å². The van der Waals surface area contributed by atoms with Crippen LogP contribution in [0.5, 0.6) is 0 Å². The highest BCUT2D eigenvalue weighted by Crippen LogP contribution is 2.34. The Labute approximate surface area is 98.2 Å². The Morgan fingerprint density at radius 1 is 1.56 bits per heavy atom. The fourth-order valence-corrected chi connectivity index (χ4v) is 2.89. The summed E-state index contributed by atoms with van der Waals surface area (Å²) in [6.45, 7) is 6.79. The van der Waals surface area contributed by atoms with E-state index in [0.717, 1.165) is 18.4 Å². The zero-order chi connectivity index (χ0) is 11.5. The lowest BCUT2D eigenvalue weighted by Crippen LogP contribution is -2.35. The highest BCUT2D eigenvalue weighted by molar-refractivity contribution is 5.22. The Kier molecular flexibility index (Phi) is 3.64. The third-order valence-corrected chi connectivity index (χ3v) is 3.94. The molecule has 1 N–H and O–H groups in total. The van der Waals surface area contributed by atoms with Gasteiger partial charge in [-0.05, 0) is 50.3 Å². The van der Waals surface area contributed by atoms with Crippen molar-refractivity contribution < 1.29 is 0 Å². The molecule has 3 nitrogen and oxygen atoms in total. The number of rotatable bonds is 3. The van der Waals surface area contributed by atoms with Crippen LogP contribution in [-0.2, 0) is 7.05 Å². The minimum absolute atomic E-state index is 0.717. The fourth-order valence-electron chi connectivity index (χ4n) is 2.89. The molecule has 0 radical (unpaired) electrons. The summed E-state index contributed by atoms with van der Waals surface area (Å²) in [6.07, 6.45) is 5.94. The summed E-state index contributed by atoms with van der Waals surface area (Å²) >= 11 is 0. The second kappa shape index (κ2) is 5.00. The number of piperidine rings is 1. The smallest absolute Gasteiger partial charge is 0.0527 e. The van der Waals surface area contributed by atoms with Gasteiger partial charge in [0.2, 0.25) is 0 Å². The molecular formula is C13H23N3. The molecule has 0 aromatic carbocycles. The zero-order valence-corrected chi connectivity index (χ0v) is 10.7. The summed E-state index contributed by atoms with van der Waals surface area (Å²) in [7, 11) is 2.04. The van der Waals surface area contributed by atoms with E-state index in [1.807, 2.05) is 11.7 Å². The maximum Gasteiger partial charge on any atom is 0.0527 e. The minimum atomic E-state index is 0.717. The summed E-state index contributed by atoms with van der Waals surface area (Å²) in [5.41, 5.74) is 2.82. The van der Waals surface area contributed by atoms with Gasteiger partial charge >= 0.3 is 0 Å². The Morgan fingerprint density at radius 2 is 2.38 bits per heavy atom. The van der Waals surface area contributed by atoms with Gasteiger partial charge in [0.1, 0.15) is 0 Å². The maximum atomic E-state index is 4.38. The molecule has 0 spiro atoms. The van der Waals surface area contributed by atoms with Gasteiger partial charge in [-0.1, -0.05) is 13.3 Å². The van der Waals surface area contributed by atoms with E-state index in [1.165, 1.54) is 37.1 Å². The number of aryl methyl sites for hydroxylation is 1. The Balaban J connectivity index is 2.19.